The van der Waals surface area contributed by atoms with Crippen LogP contribution in [0, 0.1) is 44.1 Å². The molecule has 0 heterocycles. The van der Waals surface area contributed by atoms with Crippen molar-refractivity contribution < 1.29 is 66.9 Å². The summed E-state index contributed by atoms with van der Waals surface area (Å²) in [7, 11) is 4.50. The summed E-state index contributed by atoms with van der Waals surface area (Å²) < 4.78 is 83.0. The molecule has 0 aromatic heterocycles. The van der Waals surface area contributed by atoms with Crippen molar-refractivity contribution in [3.63, 3.8) is 0 Å². The molecular weight excluding hydrogens is 632 g/mol. The molecule has 28 heavy (non-hydrogen) atoms. The largest absolute Gasteiger partial charge is 2.00 e. The van der Waals surface area contributed by atoms with Crippen molar-refractivity contribution in [3.05, 3.63) is 60.4 Å². The van der Waals surface area contributed by atoms with Gasteiger partial charge in [-0.25, -0.2) is 33.5 Å². The zero-order valence-electron chi connectivity index (χ0n) is 14.9. The van der Waals surface area contributed by atoms with Crippen molar-refractivity contribution >= 4 is 11.8 Å². The van der Waals surface area contributed by atoms with Gasteiger partial charge in [0.15, 0.2) is 4.90 Å². The number of methoxy groups -OCH3 is 1. The molecule has 1 aromatic rings. The van der Waals surface area contributed by atoms with Crippen LogP contribution in [-0.4, -0.2) is 26.1 Å². The van der Waals surface area contributed by atoms with Gasteiger partial charge in [0.25, 0.3) is 12.4 Å². The molecule has 1 aliphatic rings. The molecule has 0 atom stereocenters. The van der Waals surface area contributed by atoms with E-state index in [1.165, 1.54) is 24.1 Å². The van der Waals surface area contributed by atoms with Crippen LogP contribution < -0.4 is 4.74 Å². The summed E-state index contributed by atoms with van der Waals surface area (Å²) in [4.78, 5) is 2.08. The molecule has 0 fully saturated rings. The molecule has 1 aromatic carbocycles. The smallest absolute Gasteiger partial charge is 0.557 e. The molecular formula is C18H19F6O2SU+. The standard InChI is InChI=1S/C16H13F6OS.C2H5O.U/c17-15(18,19)14(16(20,21)22)10-23-11-6-8-13(9-7-11)24-12-4-2-1-3-5-12;1-3-2;/h1-2,4,6-9H,3,5,10H2;1H2,2H3;/q2*-1;+2/p+1. The Balaban J connectivity index is 0.00000171. The maximum atomic E-state index is 12.4. The summed E-state index contributed by atoms with van der Waals surface area (Å²) in [5.74, 6) is -2.60. The molecule has 154 valence electrons. The number of hydrogen-bond acceptors (Lipinski definition) is 2. The van der Waals surface area contributed by atoms with Crippen LogP contribution in [0.25, 0.3) is 0 Å². The summed E-state index contributed by atoms with van der Waals surface area (Å²) in [6.45, 7) is -1.57. The fraction of sp³-hybridized carbons (Fsp3) is 0.333. The van der Waals surface area contributed by atoms with Gasteiger partial charge < -0.3 is 9.47 Å². The second kappa shape index (κ2) is 12.9. The Morgan fingerprint density at radius 3 is 2.04 bits per heavy atom. The third kappa shape index (κ3) is 10.3. The molecule has 0 unspecified atom stereocenters. The van der Waals surface area contributed by atoms with E-state index in [0.29, 0.717) is 0 Å². The van der Waals surface area contributed by atoms with E-state index in [9.17, 15) is 26.3 Å². The second-order valence-electron chi connectivity index (χ2n) is 5.28. The fourth-order valence-corrected chi connectivity index (χ4v) is 2.98. The van der Waals surface area contributed by atoms with Crippen LogP contribution >= 0.6 is 0 Å². The molecule has 0 spiro atoms. The number of alkyl halides is 6. The molecule has 0 amide bonds. The van der Waals surface area contributed by atoms with Gasteiger partial charge in [-0.15, -0.1) is 0 Å². The topological polar surface area (TPSA) is 18.5 Å². The average molecular weight is 651 g/mol. The quantitative estimate of drug-likeness (QED) is 0.179. The first kappa shape index (κ1) is 27.4. The predicted octanol–water partition coefficient (Wildman–Crippen LogP) is 5.60. The van der Waals surface area contributed by atoms with Gasteiger partial charge in [0.1, 0.15) is 10.7 Å². The van der Waals surface area contributed by atoms with E-state index in [4.69, 9.17) is 0 Å². The van der Waals surface area contributed by atoms with Gasteiger partial charge in [0, 0.05) is 18.2 Å². The molecule has 1 aliphatic carbocycles. The summed E-state index contributed by atoms with van der Waals surface area (Å²) in [5, 5.41) is 0. The summed E-state index contributed by atoms with van der Waals surface area (Å²) in [6, 6.07) is 5.98. The monoisotopic (exact) mass is 651 g/mol. The van der Waals surface area contributed by atoms with Crippen molar-refractivity contribution in [2.24, 2.45) is 0 Å². The van der Waals surface area contributed by atoms with E-state index >= 15 is 0 Å². The Morgan fingerprint density at radius 2 is 1.61 bits per heavy atom. The third-order valence-corrected chi connectivity index (χ3v) is 4.39. The van der Waals surface area contributed by atoms with Gasteiger partial charge in [0.2, 0.25) is 0 Å². The molecule has 0 bridgehead atoms. The van der Waals surface area contributed by atoms with E-state index in [-0.39, 0.29) is 36.9 Å². The van der Waals surface area contributed by atoms with Gasteiger partial charge >= 0.3 is 31.1 Å². The summed E-state index contributed by atoms with van der Waals surface area (Å²) in [6.07, 6.45) is -3.08. The maximum absolute atomic E-state index is 12.4. The van der Waals surface area contributed by atoms with Crippen LogP contribution in [0.15, 0.2) is 52.3 Å². The summed E-state index contributed by atoms with van der Waals surface area (Å²) >= 11 is 0.957. The number of thiol groups is 1. The van der Waals surface area contributed by atoms with Crippen LogP contribution in [0.2, 0.25) is 0 Å². The van der Waals surface area contributed by atoms with Crippen LogP contribution in [-0.2, 0) is 16.5 Å². The number of rotatable bonds is 5. The van der Waals surface area contributed by atoms with Gasteiger partial charge in [-0.2, -0.15) is 0 Å². The number of halogens is 6. The second-order valence-corrected chi connectivity index (χ2v) is 6.60. The zero-order valence-corrected chi connectivity index (χ0v) is 20.0. The third-order valence-electron chi connectivity index (χ3n) is 3.17. The first-order valence-corrected chi connectivity index (χ1v) is 8.56. The molecule has 2 rings (SSSR count). The van der Waals surface area contributed by atoms with Crippen molar-refractivity contribution in [1.29, 1.82) is 0 Å². The predicted molar refractivity (Wildman–Crippen MR) is 93.1 cm³/mol. The molecule has 2 nitrogen and oxygen atoms in total. The van der Waals surface area contributed by atoms with E-state index in [1.54, 1.807) is 12.1 Å². The minimum Gasteiger partial charge on any atom is -0.557 e. The minimum atomic E-state index is -5.47. The van der Waals surface area contributed by atoms with Crippen molar-refractivity contribution in [3.8, 4) is 5.75 Å². The fourth-order valence-electron chi connectivity index (χ4n) is 1.95. The Hall–Kier alpha value is -0.558. The molecule has 0 saturated heterocycles. The Morgan fingerprint density at radius 1 is 1.07 bits per heavy atom. The first-order valence-electron chi connectivity index (χ1n) is 7.66. The Kier molecular flexibility index (Phi) is 12.6. The van der Waals surface area contributed by atoms with E-state index < -0.39 is 24.9 Å². The summed E-state index contributed by atoms with van der Waals surface area (Å²) in [5.41, 5.74) is 0. The van der Waals surface area contributed by atoms with Gasteiger partial charge in [-0.3, -0.25) is 0 Å². The van der Waals surface area contributed by atoms with E-state index in [0.717, 1.165) is 29.5 Å². The SMILES string of the molecule is FC(F)(F)[C-](COc1ccc([SH+]C2=CC=CCC2)cc1)C(F)(F)F.[CH2-]OC.[U+2]. The number of allylic oxidation sites excluding steroid dienone is 4. The molecule has 0 N–H and O–H groups in total. The van der Waals surface area contributed by atoms with Crippen molar-refractivity contribution in [2.45, 2.75) is 30.1 Å². The van der Waals surface area contributed by atoms with E-state index in [2.05, 4.69) is 16.6 Å². The van der Waals surface area contributed by atoms with Crippen LogP contribution in [0.5, 0.6) is 5.75 Å². The zero-order chi connectivity index (χ0) is 20.5. The number of benzene rings is 1. The van der Waals surface area contributed by atoms with E-state index in [1.807, 2.05) is 18.2 Å². The molecule has 0 saturated carbocycles. The molecule has 0 aliphatic heterocycles. The van der Waals surface area contributed by atoms with Crippen LogP contribution in [0.1, 0.15) is 12.8 Å². The van der Waals surface area contributed by atoms with Crippen LogP contribution in [0.4, 0.5) is 26.3 Å². The molecule has 0 radical (unpaired) electrons. The first-order chi connectivity index (χ1) is 12.6. The number of ether oxygens (including phenoxy) is 2. The maximum Gasteiger partial charge on any atom is 2.00 e. The van der Waals surface area contributed by atoms with Crippen molar-refractivity contribution in [2.75, 3.05) is 13.7 Å². The van der Waals surface area contributed by atoms with Gasteiger partial charge in [-0.05, 0) is 50.5 Å². The van der Waals surface area contributed by atoms with Crippen molar-refractivity contribution in [1.82, 2.24) is 0 Å². The number of hydrogen-bond donors (Lipinski definition) is 0. The minimum absolute atomic E-state index is 0. The normalized spacial score (nSPS) is 14.0. The Bertz CT molecular complexity index is 612. The van der Waals surface area contributed by atoms with Gasteiger partial charge in [0.05, 0.1) is 0 Å². The average Bonchev–Trinajstić information content (AvgIpc) is 2.56. The Labute approximate surface area is 188 Å². The van der Waals surface area contributed by atoms with Crippen LogP contribution in [0.3, 0.4) is 0 Å². The molecule has 10 heteroatoms. The van der Waals surface area contributed by atoms with Gasteiger partial charge in [-0.1, -0.05) is 18.1 Å².